The smallest absolute Gasteiger partial charge is 0.160 e. The number of benzene rings is 7. The van der Waals surface area contributed by atoms with Gasteiger partial charge in [-0.25, -0.2) is 19.9 Å². The molecule has 1 aliphatic carbocycles. The Balaban J connectivity index is 0.902. The van der Waals surface area contributed by atoms with Crippen LogP contribution in [-0.4, -0.2) is 19.9 Å². The zero-order valence-corrected chi connectivity index (χ0v) is 35.9. The van der Waals surface area contributed by atoms with Crippen molar-refractivity contribution in [2.75, 3.05) is 0 Å². The van der Waals surface area contributed by atoms with Crippen LogP contribution < -0.4 is 0 Å². The van der Waals surface area contributed by atoms with Crippen molar-refractivity contribution in [3.05, 3.63) is 218 Å². The lowest BCUT2D eigenvalue weighted by molar-refractivity contribution is 0.218. The van der Waals surface area contributed by atoms with E-state index in [0.29, 0.717) is 11.8 Å². The summed E-state index contributed by atoms with van der Waals surface area (Å²) < 4.78 is 0. The molecule has 4 nitrogen and oxygen atoms in total. The van der Waals surface area contributed by atoms with Crippen LogP contribution in [0.3, 0.4) is 0 Å². The second-order valence-electron chi connectivity index (χ2n) is 17.4. The summed E-state index contributed by atoms with van der Waals surface area (Å²) in [7, 11) is 0. The molecule has 2 heterocycles. The molecule has 63 heavy (non-hydrogen) atoms. The first-order valence-electron chi connectivity index (χ1n) is 22.3. The van der Waals surface area contributed by atoms with Crippen molar-refractivity contribution in [1.29, 1.82) is 0 Å². The molecule has 0 radical (unpaired) electrons. The van der Waals surface area contributed by atoms with Crippen LogP contribution >= 0.6 is 0 Å². The normalized spacial score (nSPS) is 15.2. The van der Waals surface area contributed by atoms with Gasteiger partial charge >= 0.3 is 0 Å². The summed E-state index contributed by atoms with van der Waals surface area (Å²) >= 11 is 0. The summed E-state index contributed by atoms with van der Waals surface area (Å²) in [4.78, 5) is 20.9. The molecule has 1 fully saturated rings. The Morgan fingerprint density at radius 1 is 0.333 bits per heavy atom. The van der Waals surface area contributed by atoms with Crippen molar-refractivity contribution >= 4 is 0 Å². The molecule has 0 atom stereocenters. The highest BCUT2D eigenvalue weighted by Crippen LogP contribution is 2.45. The molecule has 9 aromatic rings. The standard InChI is InChI=1S/C59H50N4/c1-59(2,51-33-29-45(30-34-51)57-60-53(43-21-11-5-12-22-43)39-55(62-57)49-27-15-25-47(37-49)41-17-7-3-8-18-41)52-35-31-46(32-36-52)58-61-54(44-23-13-6-14-24-44)40-56(63-58)50-28-16-26-48(38-50)42-19-9-4-10-20-42/h3-30,33-34,37-40,46,52H,31-32,35-36H2,1-2H3. The second kappa shape index (κ2) is 17.6. The SMILES string of the molecule is CC(C)(c1ccc(-c2nc(-c3ccccc3)cc(-c3cccc(-c4ccccc4)c3)n2)cc1)C1CCC(c2nc(-c3ccccc3)cc(-c3cccc(-c4ccccc4)c3)n2)CC1. The zero-order chi connectivity index (χ0) is 42.6. The summed E-state index contributed by atoms with van der Waals surface area (Å²) in [5, 5.41) is 0. The van der Waals surface area contributed by atoms with E-state index in [1.807, 2.05) is 6.07 Å². The van der Waals surface area contributed by atoms with Gasteiger partial charge in [0.1, 0.15) is 5.82 Å². The minimum Gasteiger partial charge on any atom is -0.233 e. The molecule has 10 rings (SSSR count). The monoisotopic (exact) mass is 814 g/mol. The second-order valence-corrected chi connectivity index (χ2v) is 17.4. The maximum absolute atomic E-state index is 5.32. The fourth-order valence-electron chi connectivity index (χ4n) is 9.37. The van der Waals surface area contributed by atoms with E-state index in [0.717, 1.165) is 93.5 Å². The van der Waals surface area contributed by atoms with Crippen LogP contribution in [0.25, 0.3) is 78.7 Å². The number of hydrogen-bond acceptors (Lipinski definition) is 4. The van der Waals surface area contributed by atoms with Crippen LogP contribution in [0.1, 0.15) is 56.8 Å². The molecule has 306 valence electrons. The van der Waals surface area contributed by atoms with Gasteiger partial charge in [-0.15, -0.1) is 0 Å². The van der Waals surface area contributed by atoms with Gasteiger partial charge in [0.05, 0.1) is 22.8 Å². The molecule has 1 aliphatic rings. The third-order valence-corrected chi connectivity index (χ3v) is 13.1. The molecule has 0 bridgehead atoms. The summed E-state index contributed by atoms with van der Waals surface area (Å²) in [6, 6.07) is 72.7. The third kappa shape index (κ3) is 8.63. The van der Waals surface area contributed by atoms with Crippen molar-refractivity contribution in [1.82, 2.24) is 19.9 Å². The summed E-state index contributed by atoms with van der Waals surface area (Å²) in [5.74, 6) is 2.52. The average molecular weight is 815 g/mol. The van der Waals surface area contributed by atoms with Crippen molar-refractivity contribution in [3.8, 4) is 78.7 Å². The summed E-state index contributed by atoms with van der Waals surface area (Å²) in [5.41, 5.74) is 15.2. The van der Waals surface area contributed by atoms with Gasteiger partial charge in [0.25, 0.3) is 0 Å². The topological polar surface area (TPSA) is 51.6 Å². The van der Waals surface area contributed by atoms with Crippen LogP contribution in [0.15, 0.2) is 206 Å². The lowest BCUT2D eigenvalue weighted by Crippen LogP contribution is -2.32. The Labute approximate surface area is 371 Å². The van der Waals surface area contributed by atoms with Gasteiger partial charge in [-0.05, 0) is 89.1 Å². The zero-order valence-electron chi connectivity index (χ0n) is 35.9. The molecule has 2 aromatic heterocycles. The third-order valence-electron chi connectivity index (χ3n) is 13.1. The maximum atomic E-state index is 5.32. The first-order chi connectivity index (χ1) is 30.9. The number of aromatic nitrogens is 4. The van der Waals surface area contributed by atoms with Gasteiger partial charge in [0, 0.05) is 33.7 Å². The molecule has 0 spiro atoms. The van der Waals surface area contributed by atoms with E-state index in [-0.39, 0.29) is 5.41 Å². The van der Waals surface area contributed by atoms with Crippen molar-refractivity contribution in [3.63, 3.8) is 0 Å². The van der Waals surface area contributed by atoms with Gasteiger partial charge < -0.3 is 0 Å². The summed E-state index contributed by atoms with van der Waals surface area (Å²) in [6.45, 7) is 4.84. The van der Waals surface area contributed by atoms with Gasteiger partial charge in [-0.3, -0.25) is 0 Å². The molecule has 0 amide bonds. The molecule has 0 N–H and O–H groups in total. The maximum Gasteiger partial charge on any atom is 0.160 e. The Hall–Kier alpha value is -7.30. The van der Waals surface area contributed by atoms with E-state index in [2.05, 4.69) is 214 Å². The molecule has 0 saturated heterocycles. The Kier molecular flexibility index (Phi) is 11.1. The van der Waals surface area contributed by atoms with Crippen molar-refractivity contribution < 1.29 is 0 Å². The number of rotatable bonds is 10. The van der Waals surface area contributed by atoms with Crippen LogP contribution in [0, 0.1) is 5.92 Å². The van der Waals surface area contributed by atoms with E-state index in [1.54, 1.807) is 0 Å². The van der Waals surface area contributed by atoms with Crippen molar-refractivity contribution in [2.24, 2.45) is 5.92 Å². The highest BCUT2D eigenvalue weighted by atomic mass is 14.9. The first kappa shape index (κ1) is 39.8. The van der Waals surface area contributed by atoms with Gasteiger partial charge in [0.15, 0.2) is 5.82 Å². The Bertz CT molecular complexity index is 2960. The quantitative estimate of drug-likeness (QED) is 0.138. The van der Waals surface area contributed by atoms with Gasteiger partial charge in [-0.1, -0.05) is 196 Å². The van der Waals surface area contributed by atoms with E-state index in [1.165, 1.54) is 22.3 Å². The van der Waals surface area contributed by atoms with Gasteiger partial charge in [-0.2, -0.15) is 0 Å². The predicted molar refractivity (Wildman–Crippen MR) is 260 cm³/mol. The molecule has 1 saturated carbocycles. The van der Waals surface area contributed by atoms with Crippen LogP contribution in [-0.2, 0) is 5.41 Å². The predicted octanol–water partition coefficient (Wildman–Crippen LogP) is 15.2. The van der Waals surface area contributed by atoms with Crippen molar-refractivity contribution in [2.45, 2.75) is 50.9 Å². The fourth-order valence-corrected chi connectivity index (χ4v) is 9.37. The molecular weight excluding hydrogens is 765 g/mol. The van der Waals surface area contributed by atoms with Crippen LogP contribution in [0.4, 0.5) is 0 Å². The lowest BCUT2D eigenvalue weighted by Gasteiger charge is -2.39. The van der Waals surface area contributed by atoms with Crippen LogP contribution in [0.5, 0.6) is 0 Å². The molecule has 0 aliphatic heterocycles. The molecule has 0 unspecified atom stereocenters. The number of hydrogen-bond donors (Lipinski definition) is 0. The molecule has 4 heteroatoms. The fraction of sp³-hybridized carbons (Fsp3) is 0.153. The molecule has 7 aromatic carbocycles. The van der Waals surface area contributed by atoms with Crippen LogP contribution in [0.2, 0.25) is 0 Å². The van der Waals surface area contributed by atoms with Gasteiger partial charge in [0.2, 0.25) is 0 Å². The number of nitrogens with zero attached hydrogens (tertiary/aromatic N) is 4. The minimum atomic E-state index is -0.0188. The largest absolute Gasteiger partial charge is 0.233 e. The Morgan fingerprint density at radius 2 is 0.714 bits per heavy atom. The highest BCUT2D eigenvalue weighted by Gasteiger charge is 2.36. The van der Waals surface area contributed by atoms with E-state index >= 15 is 0 Å². The average Bonchev–Trinajstić information content (AvgIpc) is 3.37. The highest BCUT2D eigenvalue weighted by molar-refractivity contribution is 5.77. The summed E-state index contributed by atoms with van der Waals surface area (Å²) in [6.07, 6.45) is 4.35. The Morgan fingerprint density at radius 3 is 1.19 bits per heavy atom. The van der Waals surface area contributed by atoms with E-state index in [9.17, 15) is 0 Å². The first-order valence-corrected chi connectivity index (χ1v) is 22.3. The van der Waals surface area contributed by atoms with E-state index < -0.39 is 0 Å². The minimum absolute atomic E-state index is 0.0188. The lowest BCUT2D eigenvalue weighted by atomic mass is 9.65. The molecular formula is C59H50N4. The van der Waals surface area contributed by atoms with E-state index in [4.69, 9.17) is 19.9 Å².